The Labute approximate surface area is 161 Å². The van der Waals surface area contributed by atoms with Gasteiger partial charge in [0, 0.05) is 24.4 Å². The third kappa shape index (κ3) is 3.46. The summed E-state index contributed by atoms with van der Waals surface area (Å²) in [6, 6.07) is 15.6. The predicted octanol–water partition coefficient (Wildman–Crippen LogP) is 2.63. The fourth-order valence-corrected chi connectivity index (χ4v) is 3.37. The highest BCUT2D eigenvalue weighted by Gasteiger charge is 2.38. The van der Waals surface area contributed by atoms with Gasteiger partial charge in [0.15, 0.2) is 0 Å². The van der Waals surface area contributed by atoms with Crippen molar-refractivity contribution in [3.8, 4) is 0 Å². The summed E-state index contributed by atoms with van der Waals surface area (Å²) in [5.41, 5.74) is 2.50. The Bertz CT molecular complexity index is 1060. The maximum absolute atomic E-state index is 12.6. The summed E-state index contributed by atoms with van der Waals surface area (Å²) in [6.07, 6.45) is 1.84. The van der Waals surface area contributed by atoms with Crippen molar-refractivity contribution in [1.82, 2.24) is 14.8 Å². The van der Waals surface area contributed by atoms with Crippen LogP contribution in [-0.4, -0.2) is 33.4 Å². The molecule has 0 radical (unpaired) electrons. The Morgan fingerprint density at radius 1 is 1.11 bits per heavy atom. The maximum atomic E-state index is 12.6. The van der Waals surface area contributed by atoms with E-state index in [9.17, 15) is 14.4 Å². The topological polar surface area (TPSA) is 83.4 Å². The van der Waals surface area contributed by atoms with Crippen molar-refractivity contribution in [3.63, 3.8) is 0 Å². The fraction of sp³-hybridized carbons (Fsp3) is 0.190. The van der Waals surface area contributed by atoms with E-state index < -0.39 is 12.1 Å². The van der Waals surface area contributed by atoms with Crippen LogP contribution in [0.25, 0.3) is 10.9 Å². The molecule has 0 bridgehead atoms. The van der Waals surface area contributed by atoms with Crippen LogP contribution < -0.4 is 10.6 Å². The standard InChI is InChI=1S/C21H20N4O3/c1-24-10-9-15-7-8-16(11-18(15)24)22-19(26)12-17-20(27)25(21(28)23-17)13-14-5-3-2-4-6-14/h2-11,17H,12-13H2,1H3,(H,22,26)(H,23,28)/t17-/m0/s1. The maximum Gasteiger partial charge on any atom is 0.325 e. The minimum Gasteiger partial charge on any atom is -0.350 e. The van der Waals surface area contributed by atoms with E-state index in [4.69, 9.17) is 0 Å². The minimum absolute atomic E-state index is 0.110. The molecule has 4 amide bonds. The molecule has 0 aliphatic carbocycles. The Morgan fingerprint density at radius 2 is 1.89 bits per heavy atom. The smallest absolute Gasteiger partial charge is 0.325 e. The number of hydrogen-bond acceptors (Lipinski definition) is 3. The quantitative estimate of drug-likeness (QED) is 0.672. The molecule has 2 aromatic carbocycles. The van der Waals surface area contributed by atoms with Crippen LogP contribution in [0, 0.1) is 0 Å². The van der Waals surface area contributed by atoms with Gasteiger partial charge in [0.1, 0.15) is 6.04 Å². The van der Waals surface area contributed by atoms with Gasteiger partial charge in [0.05, 0.1) is 13.0 Å². The zero-order valence-electron chi connectivity index (χ0n) is 15.4. The van der Waals surface area contributed by atoms with Crippen LogP contribution in [-0.2, 0) is 23.2 Å². The van der Waals surface area contributed by atoms with Gasteiger partial charge in [-0.2, -0.15) is 0 Å². The van der Waals surface area contributed by atoms with Crippen LogP contribution in [0.5, 0.6) is 0 Å². The third-order valence-electron chi connectivity index (χ3n) is 4.85. The number of carbonyl (C=O) groups excluding carboxylic acids is 3. The van der Waals surface area contributed by atoms with Gasteiger partial charge >= 0.3 is 6.03 Å². The zero-order valence-corrected chi connectivity index (χ0v) is 15.4. The molecular weight excluding hydrogens is 356 g/mol. The highest BCUT2D eigenvalue weighted by Crippen LogP contribution is 2.20. The molecule has 1 saturated heterocycles. The molecule has 7 nitrogen and oxygen atoms in total. The van der Waals surface area contributed by atoms with Crippen LogP contribution in [0.15, 0.2) is 60.8 Å². The third-order valence-corrected chi connectivity index (χ3v) is 4.85. The summed E-state index contributed by atoms with van der Waals surface area (Å²) in [5.74, 6) is -0.712. The van der Waals surface area contributed by atoms with Crippen molar-refractivity contribution in [2.24, 2.45) is 7.05 Å². The van der Waals surface area contributed by atoms with Crippen LogP contribution in [0.1, 0.15) is 12.0 Å². The van der Waals surface area contributed by atoms with Crippen LogP contribution >= 0.6 is 0 Å². The van der Waals surface area contributed by atoms with E-state index in [1.165, 1.54) is 0 Å². The number of fused-ring (bicyclic) bond motifs is 1. The van der Waals surface area contributed by atoms with E-state index in [0.29, 0.717) is 5.69 Å². The molecule has 1 atom stereocenters. The van der Waals surface area contributed by atoms with Crippen molar-refractivity contribution < 1.29 is 14.4 Å². The molecule has 28 heavy (non-hydrogen) atoms. The summed E-state index contributed by atoms with van der Waals surface area (Å²) < 4.78 is 1.97. The Hall–Kier alpha value is -3.61. The summed E-state index contributed by atoms with van der Waals surface area (Å²) >= 11 is 0. The predicted molar refractivity (Wildman–Crippen MR) is 105 cm³/mol. The molecule has 0 unspecified atom stereocenters. The minimum atomic E-state index is -0.852. The first-order valence-electron chi connectivity index (χ1n) is 9.02. The lowest BCUT2D eigenvalue weighted by molar-refractivity contribution is -0.130. The van der Waals surface area contributed by atoms with E-state index in [1.807, 2.05) is 72.4 Å². The van der Waals surface area contributed by atoms with Crippen molar-refractivity contribution in [2.45, 2.75) is 19.0 Å². The van der Waals surface area contributed by atoms with Gasteiger partial charge in [0.25, 0.3) is 5.91 Å². The zero-order chi connectivity index (χ0) is 19.7. The molecule has 1 fully saturated rings. The molecule has 1 aromatic heterocycles. The molecule has 0 saturated carbocycles. The summed E-state index contributed by atoms with van der Waals surface area (Å²) in [6.45, 7) is 0.188. The summed E-state index contributed by atoms with van der Waals surface area (Å²) in [4.78, 5) is 38.3. The fourth-order valence-electron chi connectivity index (χ4n) is 3.37. The van der Waals surface area contributed by atoms with Gasteiger partial charge in [-0.15, -0.1) is 0 Å². The van der Waals surface area contributed by atoms with Gasteiger partial charge in [0.2, 0.25) is 5.91 Å². The summed E-state index contributed by atoms with van der Waals surface area (Å²) in [7, 11) is 1.93. The Morgan fingerprint density at radius 3 is 2.68 bits per heavy atom. The number of urea groups is 1. The van der Waals surface area contributed by atoms with Crippen LogP contribution in [0.3, 0.4) is 0 Å². The number of benzene rings is 2. The molecule has 1 aliphatic heterocycles. The molecule has 7 heteroatoms. The monoisotopic (exact) mass is 376 g/mol. The number of imide groups is 1. The van der Waals surface area contributed by atoms with Crippen molar-refractivity contribution >= 4 is 34.4 Å². The second kappa shape index (κ2) is 7.19. The number of rotatable bonds is 5. The normalized spacial score (nSPS) is 16.5. The van der Waals surface area contributed by atoms with E-state index >= 15 is 0 Å². The van der Waals surface area contributed by atoms with E-state index in [-0.39, 0.29) is 24.8 Å². The first-order valence-corrected chi connectivity index (χ1v) is 9.02. The van der Waals surface area contributed by atoms with E-state index in [1.54, 1.807) is 0 Å². The number of hydrogen-bond donors (Lipinski definition) is 2. The molecule has 142 valence electrons. The van der Waals surface area contributed by atoms with Crippen LogP contribution in [0.4, 0.5) is 10.5 Å². The number of nitrogens with one attached hydrogen (secondary N) is 2. The highest BCUT2D eigenvalue weighted by molar-refractivity contribution is 6.07. The van der Waals surface area contributed by atoms with Crippen molar-refractivity contribution in [2.75, 3.05) is 5.32 Å². The second-order valence-corrected chi connectivity index (χ2v) is 6.86. The number of aromatic nitrogens is 1. The number of aryl methyl sites for hydroxylation is 1. The summed E-state index contributed by atoms with van der Waals surface area (Å²) in [5, 5.41) is 6.48. The lowest BCUT2D eigenvalue weighted by Gasteiger charge is -2.13. The Balaban J connectivity index is 1.40. The van der Waals surface area contributed by atoms with Gasteiger partial charge in [-0.25, -0.2) is 4.79 Å². The number of carbonyl (C=O) groups is 3. The molecule has 3 aromatic rings. The average Bonchev–Trinajstić information content (AvgIpc) is 3.17. The van der Waals surface area contributed by atoms with Gasteiger partial charge in [-0.05, 0) is 29.1 Å². The first kappa shape index (κ1) is 17.8. The van der Waals surface area contributed by atoms with Gasteiger partial charge < -0.3 is 15.2 Å². The van der Waals surface area contributed by atoms with Crippen molar-refractivity contribution in [1.29, 1.82) is 0 Å². The average molecular weight is 376 g/mol. The lowest BCUT2D eigenvalue weighted by Crippen LogP contribution is -2.34. The molecular formula is C21H20N4O3. The highest BCUT2D eigenvalue weighted by atomic mass is 16.2. The molecule has 4 rings (SSSR count). The van der Waals surface area contributed by atoms with Gasteiger partial charge in [-0.3, -0.25) is 14.5 Å². The largest absolute Gasteiger partial charge is 0.350 e. The lowest BCUT2D eigenvalue weighted by atomic mass is 10.1. The Kier molecular flexibility index (Phi) is 4.57. The van der Waals surface area contributed by atoms with E-state index in [0.717, 1.165) is 21.4 Å². The van der Waals surface area contributed by atoms with Crippen LogP contribution in [0.2, 0.25) is 0 Å². The number of nitrogens with zero attached hydrogens (tertiary/aromatic N) is 2. The number of anilines is 1. The van der Waals surface area contributed by atoms with E-state index in [2.05, 4.69) is 10.6 Å². The van der Waals surface area contributed by atoms with Crippen molar-refractivity contribution in [3.05, 3.63) is 66.4 Å². The molecule has 2 N–H and O–H groups in total. The first-order chi connectivity index (χ1) is 13.5. The molecule has 2 heterocycles. The SMILES string of the molecule is Cn1ccc2ccc(NC(=O)C[C@@H]3NC(=O)N(Cc4ccccc4)C3=O)cc21. The second-order valence-electron chi connectivity index (χ2n) is 6.86. The molecule has 0 spiro atoms. The number of amides is 4. The molecule has 1 aliphatic rings. The van der Waals surface area contributed by atoms with Gasteiger partial charge in [-0.1, -0.05) is 36.4 Å².